The number of phenolic OH excluding ortho intramolecular Hbond substituents is 1. The maximum atomic E-state index is 11.4. The Kier molecular flexibility index (Phi) is 2.42. The molecule has 0 radical (unpaired) electrons. The van der Waals surface area contributed by atoms with E-state index < -0.39 is 11.5 Å². The second kappa shape index (κ2) is 3.65. The number of rotatable bonds is 3. The van der Waals surface area contributed by atoms with Crippen molar-refractivity contribution in [1.82, 2.24) is 4.90 Å². The molecule has 0 spiro atoms. The van der Waals surface area contributed by atoms with E-state index in [4.69, 9.17) is 4.74 Å². The van der Waals surface area contributed by atoms with E-state index in [0.717, 1.165) is 4.90 Å². The molecule has 1 unspecified atom stereocenters. The number of nitrogens with zero attached hydrogens (tertiary/aromatic N) is 1. The highest BCUT2D eigenvalue weighted by Gasteiger charge is 2.51. The summed E-state index contributed by atoms with van der Waals surface area (Å²) in [6.45, 7) is -0.170. The SMILES string of the molecule is CN(C=O)C1(C(=O)O)COc2cc(O)ccc21. The molecule has 0 saturated heterocycles. The minimum Gasteiger partial charge on any atom is -0.508 e. The van der Waals surface area contributed by atoms with Crippen LogP contribution in [0.3, 0.4) is 0 Å². The van der Waals surface area contributed by atoms with Gasteiger partial charge in [-0.15, -0.1) is 0 Å². The Labute approximate surface area is 97.0 Å². The van der Waals surface area contributed by atoms with Gasteiger partial charge in [0.1, 0.15) is 18.1 Å². The summed E-state index contributed by atoms with van der Waals surface area (Å²) in [5, 5.41) is 18.6. The fraction of sp³-hybridized carbons (Fsp3) is 0.273. The first-order chi connectivity index (χ1) is 8.02. The molecule has 1 amide bonds. The number of fused-ring (bicyclic) bond motifs is 1. The molecular formula is C11H11NO5. The largest absolute Gasteiger partial charge is 0.508 e. The Morgan fingerprint density at radius 1 is 1.59 bits per heavy atom. The van der Waals surface area contributed by atoms with E-state index in [2.05, 4.69) is 0 Å². The number of aliphatic carboxylic acids is 1. The Balaban J connectivity index is 2.61. The van der Waals surface area contributed by atoms with Gasteiger partial charge in [-0.2, -0.15) is 0 Å². The van der Waals surface area contributed by atoms with Crippen LogP contribution in [-0.2, 0) is 15.1 Å². The van der Waals surface area contributed by atoms with Crippen LogP contribution in [0.1, 0.15) is 5.56 Å². The summed E-state index contributed by atoms with van der Waals surface area (Å²) in [6.07, 6.45) is 0.444. The third-order valence-corrected chi connectivity index (χ3v) is 2.96. The van der Waals surface area contributed by atoms with Crippen molar-refractivity contribution in [2.45, 2.75) is 5.54 Å². The molecule has 0 aromatic heterocycles. The fourth-order valence-corrected chi connectivity index (χ4v) is 1.94. The molecule has 1 atom stereocenters. The molecule has 6 heteroatoms. The van der Waals surface area contributed by atoms with Crippen LogP contribution in [0.5, 0.6) is 11.5 Å². The van der Waals surface area contributed by atoms with Crippen LogP contribution in [0, 0.1) is 0 Å². The van der Waals surface area contributed by atoms with Gasteiger partial charge < -0.3 is 19.8 Å². The van der Waals surface area contributed by atoms with Crippen molar-refractivity contribution in [3.8, 4) is 11.5 Å². The molecule has 1 heterocycles. The number of carboxylic acids is 1. The molecule has 2 rings (SSSR count). The molecule has 1 aromatic rings. The van der Waals surface area contributed by atoms with Crippen molar-refractivity contribution in [1.29, 1.82) is 0 Å². The molecule has 17 heavy (non-hydrogen) atoms. The Morgan fingerprint density at radius 2 is 2.29 bits per heavy atom. The Bertz CT molecular complexity index is 487. The summed E-state index contributed by atoms with van der Waals surface area (Å²) in [6, 6.07) is 4.15. The number of likely N-dealkylation sites (N-methyl/N-ethyl adjacent to an activating group) is 1. The van der Waals surface area contributed by atoms with E-state index in [0.29, 0.717) is 12.0 Å². The third kappa shape index (κ3) is 1.41. The number of amides is 1. The number of benzene rings is 1. The number of phenols is 1. The average Bonchev–Trinajstić information content (AvgIpc) is 2.67. The van der Waals surface area contributed by atoms with Crippen molar-refractivity contribution < 1.29 is 24.5 Å². The van der Waals surface area contributed by atoms with Crippen LogP contribution in [0.2, 0.25) is 0 Å². The number of aromatic hydroxyl groups is 1. The van der Waals surface area contributed by atoms with Gasteiger partial charge in [0.15, 0.2) is 0 Å². The maximum absolute atomic E-state index is 11.4. The van der Waals surface area contributed by atoms with Gasteiger partial charge in [0, 0.05) is 18.7 Å². The second-order valence-corrected chi connectivity index (χ2v) is 3.85. The third-order valence-electron chi connectivity index (χ3n) is 2.96. The number of carbonyl (C=O) groups is 2. The molecule has 0 saturated carbocycles. The van der Waals surface area contributed by atoms with Crippen molar-refractivity contribution in [2.75, 3.05) is 13.7 Å². The van der Waals surface area contributed by atoms with Gasteiger partial charge in [-0.3, -0.25) is 4.79 Å². The van der Waals surface area contributed by atoms with Crippen LogP contribution in [-0.4, -0.2) is 41.1 Å². The van der Waals surface area contributed by atoms with Gasteiger partial charge in [0.25, 0.3) is 0 Å². The molecular weight excluding hydrogens is 226 g/mol. The molecule has 2 N–H and O–H groups in total. The Morgan fingerprint density at radius 3 is 2.88 bits per heavy atom. The molecule has 0 bridgehead atoms. The van der Waals surface area contributed by atoms with Crippen molar-refractivity contribution in [3.05, 3.63) is 23.8 Å². The first-order valence-electron chi connectivity index (χ1n) is 4.90. The van der Waals surface area contributed by atoms with Crippen LogP contribution in [0.4, 0.5) is 0 Å². The topological polar surface area (TPSA) is 87.1 Å². The first-order valence-corrected chi connectivity index (χ1v) is 4.90. The second-order valence-electron chi connectivity index (χ2n) is 3.85. The van der Waals surface area contributed by atoms with E-state index in [1.165, 1.54) is 25.2 Å². The Hall–Kier alpha value is -2.24. The van der Waals surface area contributed by atoms with Crippen molar-refractivity contribution >= 4 is 12.4 Å². The minimum atomic E-state index is -1.52. The number of carboxylic acid groups (broad SMARTS) is 1. The zero-order valence-electron chi connectivity index (χ0n) is 9.08. The van der Waals surface area contributed by atoms with Crippen LogP contribution < -0.4 is 4.74 Å². The predicted molar refractivity (Wildman–Crippen MR) is 56.7 cm³/mol. The lowest BCUT2D eigenvalue weighted by Gasteiger charge is -2.30. The number of hydrogen-bond donors (Lipinski definition) is 2. The van der Waals surface area contributed by atoms with E-state index in [1.807, 2.05) is 0 Å². The smallest absolute Gasteiger partial charge is 0.338 e. The molecule has 1 aromatic carbocycles. The van der Waals surface area contributed by atoms with Gasteiger partial charge in [-0.1, -0.05) is 0 Å². The lowest BCUT2D eigenvalue weighted by Crippen LogP contribution is -2.51. The van der Waals surface area contributed by atoms with Crippen molar-refractivity contribution in [3.63, 3.8) is 0 Å². The van der Waals surface area contributed by atoms with Gasteiger partial charge in [0.2, 0.25) is 11.9 Å². The molecule has 6 nitrogen and oxygen atoms in total. The highest BCUT2D eigenvalue weighted by molar-refractivity contribution is 5.85. The summed E-state index contributed by atoms with van der Waals surface area (Å²) in [7, 11) is 1.38. The lowest BCUT2D eigenvalue weighted by atomic mass is 9.91. The van der Waals surface area contributed by atoms with Crippen LogP contribution in [0.25, 0.3) is 0 Å². The van der Waals surface area contributed by atoms with E-state index in [9.17, 15) is 19.8 Å². The molecule has 0 fully saturated rings. The van der Waals surface area contributed by atoms with Crippen LogP contribution in [0.15, 0.2) is 18.2 Å². The van der Waals surface area contributed by atoms with Gasteiger partial charge in [-0.25, -0.2) is 4.79 Å². The molecule has 1 aliphatic rings. The zero-order chi connectivity index (χ0) is 12.6. The predicted octanol–water partition coefficient (Wildman–Crippen LogP) is 0.153. The normalized spacial score (nSPS) is 21.5. The monoisotopic (exact) mass is 237 g/mol. The van der Waals surface area contributed by atoms with Crippen molar-refractivity contribution in [2.24, 2.45) is 0 Å². The standard InChI is InChI=1S/C11H11NO5/c1-12(6-13)11(10(15)16)5-17-9-4-7(14)2-3-8(9)11/h2-4,6,14H,5H2,1H3,(H,15,16). The number of carbonyl (C=O) groups excluding carboxylic acids is 1. The van der Waals surface area contributed by atoms with E-state index >= 15 is 0 Å². The van der Waals surface area contributed by atoms with Crippen LogP contribution >= 0.6 is 0 Å². The fourth-order valence-electron chi connectivity index (χ4n) is 1.94. The summed E-state index contributed by atoms with van der Waals surface area (Å²) in [5.41, 5.74) is -1.16. The zero-order valence-corrected chi connectivity index (χ0v) is 9.08. The number of hydrogen-bond acceptors (Lipinski definition) is 4. The molecule has 90 valence electrons. The highest BCUT2D eigenvalue weighted by Crippen LogP contribution is 2.42. The van der Waals surface area contributed by atoms with Gasteiger partial charge in [-0.05, 0) is 12.1 Å². The lowest BCUT2D eigenvalue weighted by molar-refractivity contribution is -0.155. The summed E-state index contributed by atoms with van der Waals surface area (Å²) >= 11 is 0. The summed E-state index contributed by atoms with van der Waals surface area (Å²) < 4.78 is 5.24. The van der Waals surface area contributed by atoms with Gasteiger partial charge in [0.05, 0.1) is 0 Å². The summed E-state index contributed by atoms with van der Waals surface area (Å²) in [5.74, 6) is -0.906. The highest BCUT2D eigenvalue weighted by atomic mass is 16.5. The first kappa shape index (κ1) is 11.3. The average molecular weight is 237 g/mol. The quantitative estimate of drug-likeness (QED) is 0.731. The minimum absolute atomic E-state index is 0.0151. The van der Waals surface area contributed by atoms with Gasteiger partial charge >= 0.3 is 5.97 Å². The van der Waals surface area contributed by atoms with E-state index in [-0.39, 0.29) is 18.1 Å². The van der Waals surface area contributed by atoms with E-state index in [1.54, 1.807) is 0 Å². The molecule has 0 aliphatic carbocycles. The molecule has 1 aliphatic heterocycles. The maximum Gasteiger partial charge on any atom is 0.338 e. The number of ether oxygens (including phenoxy) is 1. The summed E-state index contributed by atoms with van der Waals surface area (Å²) in [4.78, 5) is 23.3.